The van der Waals surface area contributed by atoms with Gasteiger partial charge in [0.2, 0.25) is 0 Å². The Morgan fingerprint density at radius 3 is 0.556 bits per heavy atom. The minimum atomic E-state index is -2.56. The zero-order valence-electron chi connectivity index (χ0n) is 35.0. The van der Waals surface area contributed by atoms with Gasteiger partial charge in [0.15, 0.2) is 0 Å². The van der Waals surface area contributed by atoms with Gasteiger partial charge < -0.3 is 26.6 Å². The Hall–Kier alpha value is 1.59. The van der Waals surface area contributed by atoms with Gasteiger partial charge in [-0.3, -0.25) is 0 Å². The molecule has 0 heterocycles. The van der Waals surface area contributed by atoms with Gasteiger partial charge >= 0.3 is 17.6 Å². The van der Waals surface area contributed by atoms with Crippen molar-refractivity contribution in [1.82, 2.24) is 0 Å². The lowest BCUT2D eigenvalue weighted by Crippen LogP contribution is -2.53. The third-order valence-electron chi connectivity index (χ3n) is 12.5. The topological polar surface area (TPSA) is 55.4 Å². The summed E-state index contributed by atoms with van der Waals surface area (Å²) in [7, 11) is -5.12. The van der Waals surface area contributed by atoms with Crippen molar-refractivity contribution in [2.45, 2.75) is 268 Å². The molecule has 0 aromatic carbocycles. The molecule has 6 nitrogen and oxygen atoms in total. The van der Waals surface area contributed by atoms with Gasteiger partial charge in [-0.1, -0.05) is 142 Å². The van der Waals surface area contributed by atoms with Crippen LogP contribution in [-0.4, -0.2) is 54.2 Å². The summed E-state index contributed by atoms with van der Waals surface area (Å²) in [5.41, 5.74) is 0. The molecule has 324 valence electrons. The minimum absolute atomic E-state index is 0. The van der Waals surface area contributed by atoms with E-state index in [0.29, 0.717) is 36.6 Å². The van der Waals surface area contributed by atoms with Crippen molar-refractivity contribution >= 4 is 71.6 Å². The normalized spacial score (nSPS) is 23.4. The van der Waals surface area contributed by atoms with E-state index in [-0.39, 0.29) is 54.0 Å². The van der Waals surface area contributed by atoms with Crippen LogP contribution in [0.1, 0.15) is 219 Å². The van der Waals surface area contributed by atoms with E-state index < -0.39 is 17.6 Å². The van der Waals surface area contributed by atoms with Crippen molar-refractivity contribution in [1.29, 1.82) is 0 Å². The zero-order valence-corrected chi connectivity index (χ0v) is 41.0. The first-order chi connectivity index (χ1) is 24.6. The van der Waals surface area contributed by atoms with Gasteiger partial charge in [0.25, 0.3) is 0 Å². The summed E-state index contributed by atoms with van der Waals surface area (Å²) < 4.78 is 40.9. The van der Waals surface area contributed by atoms with Crippen LogP contribution in [0.15, 0.2) is 0 Å². The van der Waals surface area contributed by atoms with E-state index in [9.17, 15) is 0 Å². The molecule has 0 atom stereocenters. The van der Waals surface area contributed by atoms with E-state index in [1.165, 1.54) is 193 Å². The van der Waals surface area contributed by atoms with Crippen LogP contribution in [0, 0.1) is 0 Å². The molecule has 0 radical (unpaired) electrons. The van der Waals surface area contributed by atoms with E-state index in [0.717, 1.165) is 24.9 Å². The quantitative estimate of drug-likeness (QED) is 0.144. The van der Waals surface area contributed by atoms with Gasteiger partial charge in [0.1, 0.15) is 0 Å². The van der Waals surface area contributed by atoms with Crippen LogP contribution in [0.3, 0.4) is 0 Å². The maximum absolute atomic E-state index is 6.82. The van der Waals surface area contributed by atoms with Crippen molar-refractivity contribution in [3.05, 3.63) is 0 Å². The Balaban J connectivity index is 0.000000503. The molecular weight excluding hydrogens is 785 g/mol. The highest BCUT2D eigenvalue weighted by molar-refractivity contribution is 7.59. The van der Waals surface area contributed by atoms with Crippen molar-refractivity contribution in [2.24, 2.45) is 0 Å². The summed E-state index contributed by atoms with van der Waals surface area (Å²) in [5.74, 6) is 0. The van der Waals surface area contributed by atoms with Gasteiger partial charge in [-0.25, -0.2) is 0 Å². The summed E-state index contributed by atoms with van der Waals surface area (Å²) in [6, 6.07) is 2.02. The first-order valence-electron chi connectivity index (χ1n) is 22.7. The van der Waals surface area contributed by atoms with Gasteiger partial charge in [-0.2, -0.15) is 54.0 Å². The molecule has 6 aliphatic rings. The molecule has 0 unspecified atom stereocenters. The second kappa shape index (κ2) is 30.6. The lowest BCUT2D eigenvalue weighted by Gasteiger charge is -2.40. The molecule has 0 aliphatic heterocycles. The van der Waals surface area contributed by atoms with Crippen LogP contribution < -0.4 is 0 Å². The summed E-state index contributed by atoms with van der Waals surface area (Å²) in [6.07, 6.45) is 43.0. The average Bonchev–Trinajstić information content (AvgIpc) is 3.15. The summed E-state index contributed by atoms with van der Waals surface area (Å²) >= 11 is 0. The van der Waals surface area contributed by atoms with Crippen LogP contribution >= 0.6 is 54.0 Å². The highest BCUT2D eigenvalue weighted by atomic mass is 32.1. The second-order valence-corrected chi connectivity index (χ2v) is 22.3. The van der Waals surface area contributed by atoms with Crippen LogP contribution in [-0.2, 0) is 26.6 Å². The van der Waals surface area contributed by atoms with Crippen LogP contribution in [0.2, 0.25) is 12.1 Å². The van der Waals surface area contributed by atoms with Gasteiger partial charge in [0, 0.05) is 48.7 Å². The van der Waals surface area contributed by atoms with Gasteiger partial charge in [0.05, 0.1) is 0 Å². The maximum Gasteiger partial charge on any atom is 0.501 e. The minimum Gasteiger partial charge on any atom is -0.370 e. The molecule has 0 N–H and O–H groups in total. The largest absolute Gasteiger partial charge is 0.501 e. The summed E-state index contributed by atoms with van der Waals surface area (Å²) in [6.45, 7) is 4.53. The number of hydrogen-bond acceptors (Lipinski definition) is 6. The van der Waals surface area contributed by atoms with Gasteiger partial charge in [-0.15, -0.1) is 0 Å². The monoisotopic (exact) mass is 873 g/mol. The number of rotatable bonds is 16. The second-order valence-electron chi connectivity index (χ2n) is 17.1. The Bertz CT molecular complexity index is 706. The fourth-order valence-corrected chi connectivity index (χ4v) is 16.5. The van der Waals surface area contributed by atoms with E-state index in [1.807, 2.05) is 0 Å². The van der Waals surface area contributed by atoms with Crippen LogP contribution in [0.25, 0.3) is 0 Å². The van der Waals surface area contributed by atoms with Gasteiger partial charge in [-0.05, 0) is 77.0 Å². The molecule has 0 aromatic heterocycles. The van der Waals surface area contributed by atoms with E-state index >= 15 is 0 Å². The summed E-state index contributed by atoms with van der Waals surface area (Å²) in [5, 5.41) is 0. The molecule has 0 spiro atoms. The third-order valence-corrected chi connectivity index (χ3v) is 18.9. The predicted octanol–water partition coefficient (Wildman–Crippen LogP) is 13.2. The smallest absolute Gasteiger partial charge is 0.370 e. The van der Waals surface area contributed by atoms with E-state index in [1.54, 1.807) is 0 Å². The molecule has 0 amide bonds. The highest BCUT2D eigenvalue weighted by Crippen LogP contribution is 2.36. The Morgan fingerprint density at radius 1 is 0.278 bits per heavy atom. The van der Waals surface area contributed by atoms with Crippen molar-refractivity contribution in [2.75, 3.05) is 0 Å². The Kier molecular flexibility index (Phi) is 30.4. The van der Waals surface area contributed by atoms with Crippen LogP contribution in [0.5, 0.6) is 0 Å². The molecule has 0 bridgehead atoms. The molecule has 6 saturated carbocycles. The third kappa shape index (κ3) is 19.3. The molecular formula is C42H88O6S4Si2. The first kappa shape index (κ1) is 53.6. The molecule has 6 aliphatic carbocycles. The zero-order chi connectivity index (χ0) is 34.7. The van der Waals surface area contributed by atoms with Crippen molar-refractivity contribution in [3.8, 4) is 0 Å². The molecule has 6 rings (SSSR count). The fourth-order valence-electron chi connectivity index (χ4n) is 9.75. The standard InChI is InChI=1S/2C21H40O3Si.4H2S/c2*1-2-18-25(22-19-12-6-3-7-13-19,23-20-14-8-4-9-15-20)24-21-16-10-5-11-17-21;;;;/h2*19-21H,2-18H2,1H3;4*1H2. The lowest BCUT2D eigenvalue weighted by atomic mass is 9.98. The van der Waals surface area contributed by atoms with Crippen LogP contribution in [0.4, 0.5) is 0 Å². The SMILES string of the molecule is CCC[Si](OC1CCCCC1)(OC1CCCCC1)OC1CCCCC1.CCC[Si](OC1CCCCC1)(OC1CCCCC1)OC1CCCCC1.S.S.S.S. The first-order valence-corrected chi connectivity index (χ1v) is 26.5. The molecule has 12 heteroatoms. The molecule has 54 heavy (non-hydrogen) atoms. The number of hydrogen-bond donors (Lipinski definition) is 0. The fraction of sp³-hybridized carbons (Fsp3) is 1.00. The Morgan fingerprint density at radius 2 is 0.426 bits per heavy atom. The lowest BCUT2D eigenvalue weighted by molar-refractivity contribution is -0.0416. The maximum atomic E-state index is 6.82. The molecule has 0 aromatic rings. The molecule has 0 saturated heterocycles. The highest BCUT2D eigenvalue weighted by Gasteiger charge is 2.48. The van der Waals surface area contributed by atoms with E-state index in [4.69, 9.17) is 26.6 Å². The molecule has 6 fully saturated rings. The average molecular weight is 874 g/mol. The summed E-state index contributed by atoms with van der Waals surface area (Å²) in [4.78, 5) is 0. The van der Waals surface area contributed by atoms with Crippen molar-refractivity contribution < 1.29 is 26.6 Å². The van der Waals surface area contributed by atoms with Crippen molar-refractivity contribution in [3.63, 3.8) is 0 Å². The van der Waals surface area contributed by atoms with E-state index in [2.05, 4.69) is 13.8 Å². The predicted molar refractivity (Wildman–Crippen MR) is 251 cm³/mol. The Labute approximate surface area is 364 Å².